The summed E-state index contributed by atoms with van der Waals surface area (Å²) >= 11 is 0. The lowest BCUT2D eigenvalue weighted by atomic mass is 10.1. The molecule has 122 valence electrons. The topological polar surface area (TPSA) is 3.88 Å². The molecule has 0 fully saturated rings. The van der Waals surface area contributed by atoms with Crippen molar-refractivity contribution in [1.29, 1.82) is 0 Å². The molecule has 0 radical (unpaired) electrons. The summed E-state index contributed by atoms with van der Waals surface area (Å²) in [5.41, 5.74) is 0. The maximum absolute atomic E-state index is 2.29. The molecule has 1 heterocycles. The monoisotopic (exact) mass is 403 g/mol. The van der Waals surface area contributed by atoms with E-state index in [1.54, 1.807) is 0 Å². The molecule has 2 heteroatoms. The minimum atomic E-state index is 0. The van der Waals surface area contributed by atoms with Crippen molar-refractivity contribution in [2.24, 2.45) is 0 Å². The van der Waals surface area contributed by atoms with Crippen molar-refractivity contribution < 1.29 is 28.5 Å². The van der Waals surface area contributed by atoms with Gasteiger partial charge in [-0.25, -0.2) is 4.57 Å². The van der Waals surface area contributed by atoms with Crippen LogP contribution in [0.15, 0.2) is 30.6 Å². The van der Waals surface area contributed by atoms with Crippen LogP contribution in [-0.4, -0.2) is 0 Å². The van der Waals surface area contributed by atoms with E-state index in [0.29, 0.717) is 0 Å². The minimum Gasteiger partial charge on any atom is -1.00 e. The Labute approximate surface area is 149 Å². The van der Waals surface area contributed by atoms with Gasteiger partial charge in [0, 0.05) is 18.6 Å². The average Bonchev–Trinajstić information content (AvgIpc) is 2.49. The van der Waals surface area contributed by atoms with Gasteiger partial charge in [-0.15, -0.1) is 0 Å². The van der Waals surface area contributed by atoms with E-state index in [1.165, 1.54) is 83.6 Å². The van der Waals surface area contributed by atoms with Gasteiger partial charge in [-0.2, -0.15) is 0 Å². The van der Waals surface area contributed by atoms with Gasteiger partial charge < -0.3 is 24.0 Å². The first-order chi connectivity index (χ1) is 9.93. The first-order valence-corrected chi connectivity index (χ1v) is 8.87. The molecule has 0 bridgehead atoms. The molecule has 0 spiro atoms. The molecular formula is C19H34IN. The Morgan fingerprint density at radius 3 is 1.48 bits per heavy atom. The quantitative estimate of drug-likeness (QED) is 0.271. The Morgan fingerprint density at radius 1 is 0.571 bits per heavy atom. The van der Waals surface area contributed by atoms with Crippen LogP contribution in [0.25, 0.3) is 0 Å². The molecule has 0 aliphatic heterocycles. The standard InChI is InChI=1S/C19H34N.HI/c1-2-3-4-5-6-7-8-9-10-11-12-14-17-20-18-15-13-16-19-20;/h13,15-16,18-19H,2-12,14,17H2,1H3;1H/q+1;/p-1. The number of halogens is 1. The van der Waals surface area contributed by atoms with E-state index in [0.717, 1.165) is 0 Å². The highest BCUT2D eigenvalue weighted by Crippen LogP contribution is 2.11. The highest BCUT2D eigenvalue weighted by atomic mass is 127. The van der Waals surface area contributed by atoms with E-state index in [4.69, 9.17) is 0 Å². The van der Waals surface area contributed by atoms with Gasteiger partial charge >= 0.3 is 0 Å². The molecule has 1 rings (SSSR count). The number of aromatic nitrogens is 1. The average molecular weight is 403 g/mol. The van der Waals surface area contributed by atoms with Crippen molar-refractivity contribution in [3.63, 3.8) is 0 Å². The highest BCUT2D eigenvalue weighted by Gasteiger charge is 1.97. The van der Waals surface area contributed by atoms with Crippen molar-refractivity contribution >= 4 is 0 Å². The molecule has 0 amide bonds. The second-order valence-corrected chi connectivity index (χ2v) is 6.00. The molecule has 1 aromatic heterocycles. The summed E-state index contributed by atoms with van der Waals surface area (Å²) in [5, 5.41) is 0. The number of hydrogen-bond acceptors (Lipinski definition) is 0. The van der Waals surface area contributed by atoms with Gasteiger partial charge in [-0.05, 0) is 6.42 Å². The van der Waals surface area contributed by atoms with Crippen LogP contribution in [0.5, 0.6) is 0 Å². The van der Waals surface area contributed by atoms with Crippen LogP contribution in [0.3, 0.4) is 0 Å². The van der Waals surface area contributed by atoms with Crippen LogP contribution in [0.2, 0.25) is 0 Å². The molecule has 0 saturated heterocycles. The lowest BCUT2D eigenvalue weighted by Gasteiger charge is -2.02. The van der Waals surface area contributed by atoms with Gasteiger partial charge in [0.1, 0.15) is 6.54 Å². The zero-order valence-electron chi connectivity index (χ0n) is 13.9. The van der Waals surface area contributed by atoms with Crippen molar-refractivity contribution in [2.45, 2.75) is 90.5 Å². The molecule has 0 saturated carbocycles. The van der Waals surface area contributed by atoms with Crippen molar-refractivity contribution in [3.05, 3.63) is 30.6 Å². The molecule has 21 heavy (non-hydrogen) atoms. The van der Waals surface area contributed by atoms with Crippen molar-refractivity contribution in [1.82, 2.24) is 0 Å². The van der Waals surface area contributed by atoms with E-state index in [9.17, 15) is 0 Å². The van der Waals surface area contributed by atoms with E-state index in [1.807, 2.05) is 0 Å². The molecule has 1 nitrogen and oxygen atoms in total. The van der Waals surface area contributed by atoms with Crippen LogP contribution in [0.1, 0.15) is 84.0 Å². The summed E-state index contributed by atoms with van der Waals surface area (Å²) < 4.78 is 2.29. The normalized spacial score (nSPS) is 10.3. The second kappa shape index (κ2) is 16.3. The zero-order valence-corrected chi connectivity index (χ0v) is 16.1. The molecule has 0 aromatic carbocycles. The number of unbranched alkanes of at least 4 members (excludes halogenated alkanes) is 11. The smallest absolute Gasteiger partial charge is 0.168 e. The fourth-order valence-corrected chi connectivity index (χ4v) is 2.72. The van der Waals surface area contributed by atoms with Crippen LogP contribution in [0.4, 0.5) is 0 Å². The fraction of sp³-hybridized carbons (Fsp3) is 0.737. The Morgan fingerprint density at radius 2 is 1.00 bits per heavy atom. The van der Waals surface area contributed by atoms with Gasteiger partial charge in [0.05, 0.1) is 0 Å². The maximum atomic E-state index is 2.29. The summed E-state index contributed by atoms with van der Waals surface area (Å²) in [6, 6.07) is 6.31. The minimum absolute atomic E-state index is 0. The third-order valence-electron chi connectivity index (χ3n) is 4.05. The third-order valence-corrected chi connectivity index (χ3v) is 4.05. The molecule has 1 aromatic rings. The number of pyridine rings is 1. The second-order valence-electron chi connectivity index (χ2n) is 6.00. The maximum Gasteiger partial charge on any atom is 0.168 e. The number of nitrogens with zero attached hydrogens (tertiary/aromatic N) is 1. The Hall–Kier alpha value is -0.120. The van der Waals surface area contributed by atoms with Crippen LogP contribution >= 0.6 is 0 Å². The molecule has 0 aliphatic carbocycles. The summed E-state index contributed by atoms with van der Waals surface area (Å²) in [5.74, 6) is 0. The number of rotatable bonds is 13. The summed E-state index contributed by atoms with van der Waals surface area (Å²) in [7, 11) is 0. The fourth-order valence-electron chi connectivity index (χ4n) is 2.72. The van der Waals surface area contributed by atoms with E-state index in [-0.39, 0.29) is 24.0 Å². The van der Waals surface area contributed by atoms with Crippen LogP contribution in [0, 0.1) is 0 Å². The molecule has 0 N–H and O–H groups in total. The van der Waals surface area contributed by atoms with Gasteiger partial charge in [0.25, 0.3) is 0 Å². The zero-order chi connectivity index (χ0) is 14.3. The van der Waals surface area contributed by atoms with Crippen molar-refractivity contribution in [2.75, 3.05) is 0 Å². The summed E-state index contributed by atoms with van der Waals surface area (Å²) in [6.45, 7) is 3.47. The third kappa shape index (κ3) is 13.3. The number of hydrogen-bond donors (Lipinski definition) is 0. The molecule has 0 unspecified atom stereocenters. The van der Waals surface area contributed by atoms with Crippen LogP contribution < -0.4 is 28.5 Å². The predicted octanol–water partition coefficient (Wildman–Crippen LogP) is 2.68. The van der Waals surface area contributed by atoms with Gasteiger partial charge in [-0.3, -0.25) is 0 Å². The highest BCUT2D eigenvalue weighted by molar-refractivity contribution is 4.83. The number of aryl methyl sites for hydroxylation is 1. The van der Waals surface area contributed by atoms with Gasteiger partial charge in [-0.1, -0.05) is 77.2 Å². The van der Waals surface area contributed by atoms with Crippen molar-refractivity contribution in [3.8, 4) is 0 Å². The Balaban J connectivity index is 0.00000400. The van der Waals surface area contributed by atoms with Gasteiger partial charge in [0.15, 0.2) is 12.4 Å². The summed E-state index contributed by atoms with van der Waals surface area (Å²) in [4.78, 5) is 0. The summed E-state index contributed by atoms with van der Waals surface area (Å²) in [6.07, 6.45) is 21.4. The van der Waals surface area contributed by atoms with Crippen LogP contribution in [-0.2, 0) is 6.54 Å². The molecule has 0 atom stereocenters. The Kier molecular flexibility index (Phi) is 16.2. The lowest BCUT2D eigenvalue weighted by molar-refractivity contribution is -0.697. The predicted molar refractivity (Wildman–Crippen MR) is 87.7 cm³/mol. The van der Waals surface area contributed by atoms with Gasteiger partial charge in [0.2, 0.25) is 0 Å². The van der Waals surface area contributed by atoms with E-state index >= 15 is 0 Å². The molecular weight excluding hydrogens is 369 g/mol. The van der Waals surface area contributed by atoms with E-state index in [2.05, 4.69) is 42.1 Å². The first kappa shape index (κ1) is 20.9. The SMILES string of the molecule is CCCCCCCCCCCCCC[n+]1ccccc1.[I-]. The molecule has 0 aliphatic rings. The first-order valence-electron chi connectivity index (χ1n) is 8.87. The largest absolute Gasteiger partial charge is 1.00 e. The van der Waals surface area contributed by atoms with E-state index < -0.39 is 0 Å². The lowest BCUT2D eigenvalue weighted by Crippen LogP contribution is -3.00. The Bertz CT molecular complexity index is 300.